The van der Waals surface area contributed by atoms with Crippen molar-refractivity contribution in [2.24, 2.45) is 9.98 Å². The van der Waals surface area contributed by atoms with Crippen LogP contribution < -0.4 is 5.32 Å². The van der Waals surface area contributed by atoms with Crippen molar-refractivity contribution in [2.45, 2.75) is 13.8 Å². The van der Waals surface area contributed by atoms with Crippen LogP contribution in [-0.2, 0) is 0 Å². The van der Waals surface area contributed by atoms with Gasteiger partial charge >= 0.3 is 0 Å². The van der Waals surface area contributed by atoms with Crippen LogP contribution in [0.15, 0.2) is 70.9 Å². The van der Waals surface area contributed by atoms with Crippen LogP contribution in [0.4, 0.5) is 11.6 Å². The maximum atomic E-state index is 4.69. The molecule has 0 radical (unpaired) electrons. The Labute approximate surface area is 146 Å². The summed E-state index contributed by atoms with van der Waals surface area (Å²) in [5, 5.41) is 3.31. The van der Waals surface area contributed by atoms with E-state index in [0.29, 0.717) is 11.7 Å². The molecule has 2 aromatic heterocycles. The fraction of sp³-hybridized carbons (Fsp3) is 0.100. The molecule has 1 aromatic carbocycles. The monoisotopic (exact) mass is 327 g/mol. The van der Waals surface area contributed by atoms with Gasteiger partial charge in [-0.3, -0.25) is 0 Å². The van der Waals surface area contributed by atoms with Crippen LogP contribution in [0.3, 0.4) is 0 Å². The zero-order valence-corrected chi connectivity index (χ0v) is 14.1. The van der Waals surface area contributed by atoms with E-state index in [1.807, 2.05) is 62.4 Å². The van der Waals surface area contributed by atoms with Gasteiger partial charge in [0, 0.05) is 23.5 Å². The second kappa shape index (κ2) is 6.28. The maximum absolute atomic E-state index is 4.69. The Balaban J connectivity index is 1.76. The Morgan fingerprint density at radius 2 is 1.72 bits per heavy atom. The van der Waals surface area contributed by atoms with Gasteiger partial charge in [0.25, 0.3) is 0 Å². The molecular formula is C20H17N5. The lowest BCUT2D eigenvalue weighted by atomic mass is 10.1. The number of aryl methyl sites for hydroxylation is 2. The first-order valence-electron chi connectivity index (χ1n) is 8.09. The highest BCUT2D eigenvalue weighted by Gasteiger charge is 2.22. The van der Waals surface area contributed by atoms with Crippen LogP contribution in [0.5, 0.6) is 0 Å². The summed E-state index contributed by atoms with van der Waals surface area (Å²) in [5.41, 5.74) is 4.16. The van der Waals surface area contributed by atoms with E-state index in [-0.39, 0.29) is 0 Å². The van der Waals surface area contributed by atoms with E-state index in [0.717, 1.165) is 33.9 Å². The topological polar surface area (TPSA) is 62.5 Å². The Morgan fingerprint density at radius 3 is 2.52 bits per heavy atom. The molecule has 0 atom stereocenters. The fourth-order valence-electron chi connectivity index (χ4n) is 2.71. The van der Waals surface area contributed by atoms with Crippen LogP contribution in [0.2, 0.25) is 0 Å². The second-order valence-electron chi connectivity index (χ2n) is 5.93. The molecule has 5 heteroatoms. The number of hydrogen-bond donors (Lipinski definition) is 1. The number of aliphatic imine (C=N–C) groups is 2. The molecule has 1 aliphatic heterocycles. The number of pyridine rings is 2. The number of hydrogen-bond acceptors (Lipinski definition) is 4. The van der Waals surface area contributed by atoms with Gasteiger partial charge in [0.15, 0.2) is 11.7 Å². The van der Waals surface area contributed by atoms with Gasteiger partial charge in [-0.25, -0.2) is 20.0 Å². The molecule has 3 heterocycles. The average molecular weight is 327 g/mol. The van der Waals surface area contributed by atoms with Crippen molar-refractivity contribution in [3.05, 3.63) is 83.2 Å². The lowest BCUT2D eigenvalue weighted by Crippen LogP contribution is -2.12. The number of fused-ring (bicyclic) bond motifs is 1. The summed E-state index contributed by atoms with van der Waals surface area (Å²) in [6, 6.07) is 15.9. The highest BCUT2D eigenvalue weighted by Crippen LogP contribution is 2.24. The number of benzene rings is 1. The van der Waals surface area contributed by atoms with E-state index in [4.69, 9.17) is 4.99 Å². The summed E-state index contributed by atoms with van der Waals surface area (Å²) in [4.78, 5) is 18.1. The molecule has 122 valence electrons. The van der Waals surface area contributed by atoms with E-state index >= 15 is 0 Å². The van der Waals surface area contributed by atoms with Crippen molar-refractivity contribution < 1.29 is 0 Å². The van der Waals surface area contributed by atoms with Crippen LogP contribution in [0.1, 0.15) is 22.3 Å². The summed E-state index contributed by atoms with van der Waals surface area (Å²) in [7, 11) is 0. The molecule has 0 saturated carbocycles. The molecule has 3 aromatic rings. The Bertz CT molecular complexity index is 1000. The number of nitrogens with one attached hydrogen (secondary N) is 1. The van der Waals surface area contributed by atoms with Gasteiger partial charge in [0.05, 0.1) is 0 Å². The Kier molecular flexibility index (Phi) is 3.82. The minimum Gasteiger partial charge on any atom is -0.324 e. The van der Waals surface area contributed by atoms with Gasteiger partial charge in [0.2, 0.25) is 0 Å². The van der Waals surface area contributed by atoms with Gasteiger partial charge < -0.3 is 5.32 Å². The molecule has 0 fully saturated rings. The molecule has 5 nitrogen and oxygen atoms in total. The second-order valence-corrected chi connectivity index (χ2v) is 5.93. The van der Waals surface area contributed by atoms with Gasteiger partial charge in [-0.1, -0.05) is 30.3 Å². The van der Waals surface area contributed by atoms with Crippen LogP contribution in [0.25, 0.3) is 0 Å². The molecule has 0 aliphatic carbocycles. The fourth-order valence-corrected chi connectivity index (χ4v) is 2.71. The van der Waals surface area contributed by atoms with Crippen molar-refractivity contribution in [2.75, 3.05) is 5.32 Å². The number of aromatic nitrogens is 2. The van der Waals surface area contributed by atoms with E-state index in [9.17, 15) is 0 Å². The lowest BCUT2D eigenvalue weighted by molar-refractivity contribution is 1.22. The average Bonchev–Trinajstić information content (AvgIpc) is 2.95. The van der Waals surface area contributed by atoms with Crippen molar-refractivity contribution in [1.29, 1.82) is 0 Å². The molecular weight excluding hydrogens is 310 g/mol. The van der Waals surface area contributed by atoms with Crippen LogP contribution in [-0.4, -0.2) is 21.6 Å². The first-order chi connectivity index (χ1) is 12.2. The van der Waals surface area contributed by atoms with E-state index in [1.54, 1.807) is 12.4 Å². The lowest BCUT2D eigenvalue weighted by Gasteiger charge is -2.06. The maximum Gasteiger partial charge on any atom is 0.164 e. The molecule has 0 amide bonds. The highest BCUT2D eigenvalue weighted by atomic mass is 15.1. The molecule has 0 bridgehead atoms. The molecule has 0 saturated heterocycles. The van der Waals surface area contributed by atoms with E-state index in [2.05, 4.69) is 20.3 Å². The summed E-state index contributed by atoms with van der Waals surface area (Å²) in [6.45, 7) is 4.03. The third-order valence-electron chi connectivity index (χ3n) is 4.00. The molecule has 1 N–H and O–H groups in total. The molecule has 25 heavy (non-hydrogen) atoms. The van der Waals surface area contributed by atoms with Crippen molar-refractivity contribution in [3.63, 3.8) is 0 Å². The van der Waals surface area contributed by atoms with Gasteiger partial charge in [-0.2, -0.15) is 0 Å². The first-order valence-corrected chi connectivity index (χ1v) is 8.09. The van der Waals surface area contributed by atoms with Crippen LogP contribution >= 0.6 is 0 Å². The van der Waals surface area contributed by atoms with E-state index < -0.39 is 0 Å². The predicted molar refractivity (Wildman–Crippen MR) is 101 cm³/mol. The minimum absolute atomic E-state index is 0.660. The van der Waals surface area contributed by atoms with Gasteiger partial charge in [-0.15, -0.1) is 0 Å². The number of amidine groups is 2. The molecule has 1 aliphatic rings. The number of nitrogens with zero attached hydrogens (tertiary/aromatic N) is 4. The third-order valence-corrected chi connectivity index (χ3v) is 4.00. The smallest absolute Gasteiger partial charge is 0.164 e. The number of rotatable bonds is 2. The first kappa shape index (κ1) is 15.2. The minimum atomic E-state index is 0.660. The van der Waals surface area contributed by atoms with Crippen molar-refractivity contribution in [3.8, 4) is 0 Å². The largest absolute Gasteiger partial charge is 0.324 e. The van der Waals surface area contributed by atoms with E-state index in [1.165, 1.54) is 0 Å². The number of anilines is 1. The third kappa shape index (κ3) is 3.04. The quantitative estimate of drug-likeness (QED) is 0.772. The van der Waals surface area contributed by atoms with Gasteiger partial charge in [0.1, 0.15) is 11.7 Å². The zero-order valence-electron chi connectivity index (χ0n) is 14.1. The standard InChI is InChI=1S/C20H17N5/c1-13-9-11-21-17(12-13)23-19-15-7-3-4-8-16(15)20(25-19)24-18-14(2)6-5-10-22-18/h3-12H,1-2H3,(H,21,22,23,24,25). The Hall–Kier alpha value is -3.34. The SMILES string of the molecule is Cc1ccnc(NC2=N/C(=N\c3ncccc3C)c3ccccc32)c1. The molecule has 0 spiro atoms. The summed E-state index contributed by atoms with van der Waals surface area (Å²) in [6.07, 6.45) is 3.53. The van der Waals surface area contributed by atoms with Crippen LogP contribution in [0, 0.1) is 13.8 Å². The summed E-state index contributed by atoms with van der Waals surface area (Å²) < 4.78 is 0. The highest BCUT2D eigenvalue weighted by molar-refractivity contribution is 6.26. The summed E-state index contributed by atoms with van der Waals surface area (Å²) in [5.74, 6) is 2.86. The van der Waals surface area contributed by atoms with Crippen molar-refractivity contribution in [1.82, 2.24) is 9.97 Å². The Morgan fingerprint density at radius 1 is 0.880 bits per heavy atom. The summed E-state index contributed by atoms with van der Waals surface area (Å²) >= 11 is 0. The van der Waals surface area contributed by atoms with Gasteiger partial charge in [-0.05, 0) is 43.2 Å². The van der Waals surface area contributed by atoms with Crippen molar-refractivity contribution >= 4 is 23.3 Å². The molecule has 4 rings (SSSR count). The predicted octanol–water partition coefficient (Wildman–Crippen LogP) is 4.04. The molecule has 0 unspecified atom stereocenters. The zero-order chi connectivity index (χ0) is 17.2. The normalized spacial score (nSPS) is 14.3.